The third-order valence-corrected chi connectivity index (χ3v) is 4.38. The zero-order valence-corrected chi connectivity index (χ0v) is 13.1. The van der Waals surface area contributed by atoms with Crippen LogP contribution in [-0.4, -0.2) is 30.3 Å². The van der Waals surface area contributed by atoms with Crippen LogP contribution in [0.2, 0.25) is 0 Å². The Hall–Kier alpha value is -0.370. The molecule has 0 aromatic carbocycles. The number of hydrogen-bond acceptors (Lipinski definition) is 2. The highest BCUT2D eigenvalue weighted by Gasteiger charge is 2.14. The summed E-state index contributed by atoms with van der Waals surface area (Å²) >= 11 is 0. The van der Waals surface area contributed by atoms with Crippen LogP contribution in [0.25, 0.3) is 0 Å². The van der Waals surface area contributed by atoms with Crippen molar-refractivity contribution in [1.82, 2.24) is 4.90 Å². The van der Waals surface area contributed by atoms with Crippen molar-refractivity contribution >= 4 is 5.78 Å². The highest BCUT2D eigenvalue weighted by atomic mass is 16.1. The summed E-state index contributed by atoms with van der Waals surface area (Å²) in [5.74, 6) is 1.29. The molecule has 1 saturated heterocycles. The van der Waals surface area contributed by atoms with Crippen LogP contribution in [0, 0.1) is 5.92 Å². The smallest absolute Gasteiger partial charge is 0.129 e. The fourth-order valence-electron chi connectivity index (χ4n) is 2.88. The van der Waals surface area contributed by atoms with Crippen LogP contribution in [0.3, 0.4) is 0 Å². The number of hydrogen-bond donors (Lipinski definition) is 0. The number of likely N-dealkylation sites (tertiary alicyclic amines) is 1. The van der Waals surface area contributed by atoms with E-state index in [9.17, 15) is 4.79 Å². The number of piperidine rings is 1. The number of carbonyl (C=O) groups is 1. The van der Waals surface area contributed by atoms with Gasteiger partial charge in [0.25, 0.3) is 0 Å². The second kappa shape index (κ2) is 10.4. The number of rotatable bonds is 10. The average Bonchev–Trinajstić information content (AvgIpc) is 2.38. The predicted octanol–water partition coefficient (Wildman–Crippen LogP) is 4.43. The van der Waals surface area contributed by atoms with Gasteiger partial charge >= 0.3 is 0 Å². The number of Topliss-reactive ketones (excluding diaryl/α,β-unsaturated/α-hetero) is 1. The van der Waals surface area contributed by atoms with E-state index in [2.05, 4.69) is 11.8 Å². The number of ketones is 1. The van der Waals surface area contributed by atoms with Gasteiger partial charge in [-0.3, -0.25) is 0 Å². The van der Waals surface area contributed by atoms with Gasteiger partial charge < -0.3 is 9.69 Å². The van der Waals surface area contributed by atoms with Crippen LogP contribution in [-0.2, 0) is 4.79 Å². The molecule has 2 heteroatoms. The van der Waals surface area contributed by atoms with Gasteiger partial charge in [0.2, 0.25) is 0 Å². The first-order valence-electron chi connectivity index (χ1n) is 8.40. The molecule has 0 aromatic rings. The van der Waals surface area contributed by atoms with E-state index in [1.54, 1.807) is 6.92 Å². The zero-order chi connectivity index (χ0) is 13.9. The lowest BCUT2D eigenvalue weighted by molar-refractivity contribution is -0.117. The molecule has 1 aliphatic rings. The summed E-state index contributed by atoms with van der Waals surface area (Å²) in [5.41, 5.74) is 0. The van der Waals surface area contributed by atoms with E-state index in [4.69, 9.17) is 0 Å². The number of nitrogens with zero attached hydrogens (tertiary/aromatic N) is 1. The van der Waals surface area contributed by atoms with Gasteiger partial charge in [-0.25, -0.2) is 0 Å². The quantitative estimate of drug-likeness (QED) is 0.546. The lowest BCUT2D eigenvalue weighted by Crippen LogP contribution is -2.33. The summed E-state index contributed by atoms with van der Waals surface area (Å²) in [5, 5.41) is 0. The minimum Gasteiger partial charge on any atom is -0.303 e. The van der Waals surface area contributed by atoms with Crippen LogP contribution in [0.15, 0.2) is 0 Å². The van der Waals surface area contributed by atoms with Gasteiger partial charge in [-0.1, -0.05) is 39.0 Å². The van der Waals surface area contributed by atoms with Crippen molar-refractivity contribution in [2.45, 2.75) is 78.1 Å². The van der Waals surface area contributed by atoms with Crippen molar-refractivity contribution in [1.29, 1.82) is 0 Å². The van der Waals surface area contributed by atoms with Crippen molar-refractivity contribution in [3.8, 4) is 0 Å². The maximum Gasteiger partial charge on any atom is 0.129 e. The van der Waals surface area contributed by atoms with E-state index < -0.39 is 0 Å². The van der Waals surface area contributed by atoms with Crippen molar-refractivity contribution in [3.63, 3.8) is 0 Å². The Morgan fingerprint density at radius 2 is 1.47 bits per heavy atom. The Labute approximate surface area is 119 Å². The summed E-state index contributed by atoms with van der Waals surface area (Å²) in [6.07, 6.45) is 12.7. The van der Waals surface area contributed by atoms with Crippen LogP contribution in [0.5, 0.6) is 0 Å². The molecule has 1 rings (SSSR count). The first-order valence-corrected chi connectivity index (χ1v) is 8.40. The molecule has 1 aliphatic heterocycles. The molecule has 112 valence electrons. The maximum atomic E-state index is 10.8. The van der Waals surface area contributed by atoms with Crippen molar-refractivity contribution < 1.29 is 4.79 Å². The summed E-state index contributed by atoms with van der Waals surface area (Å²) in [7, 11) is 0. The Kier molecular flexibility index (Phi) is 9.15. The SMILES string of the molecule is CC(=O)CCCCCCCCCN1CCC(C)CC1. The maximum absolute atomic E-state index is 10.8. The van der Waals surface area contributed by atoms with Crippen molar-refractivity contribution in [2.24, 2.45) is 5.92 Å². The zero-order valence-electron chi connectivity index (χ0n) is 13.1. The molecule has 0 bridgehead atoms. The molecule has 19 heavy (non-hydrogen) atoms. The Balaban J connectivity index is 1.80. The second-order valence-corrected chi connectivity index (χ2v) is 6.45. The monoisotopic (exact) mass is 267 g/mol. The molecule has 0 spiro atoms. The minimum absolute atomic E-state index is 0.343. The first kappa shape index (κ1) is 16.7. The third kappa shape index (κ3) is 9.21. The van der Waals surface area contributed by atoms with Gasteiger partial charge in [0.15, 0.2) is 0 Å². The lowest BCUT2D eigenvalue weighted by Gasteiger charge is -2.30. The lowest BCUT2D eigenvalue weighted by atomic mass is 9.99. The topological polar surface area (TPSA) is 20.3 Å². The Bertz CT molecular complexity index is 231. The highest BCUT2D eigenvalue weighted by molar-refractivity contribution is 5.75. The fourth-order valence-corrected chi connectivity index (χ4v) is 2.88. The normalized spacial score (nSPS) is 17.8. The molecule has 0 unspecified atom stereocenters. The second-order valence-electron chi connectivity index (χ2n) is 6.45. The van der Waals surface area contributed by atoms with E-state index in [1.807, 2.05) is 0 Å². The number of carbonyl (C=O) groups excluding carboxylic acids is 1. The first-order chi connectivity index (χ1) is 9.18. The molecule has 0 saturated carbocycles. The molecule has 0 aliphatic carbocycles. The molecule has 0 amide bonds. The van der Waals surface area contributed by atoms with Crippen LogP contribution in [0.1, 0.15) is 78.1 Å². The third-order valence-electron chi connectivity index (χ3n) is 4.38. The Morgan fingerprint density at radius 3 is 2.05 bits per heavy atom. The van der Waals surface area contributed by atoms with Gasteiger partial charge in [0, 0.05) is 6.42 Å². The van der Waals surface area contributed by atoms with Crippen molar-refractivity contribution in [3.05, 3.63) is 0 Å². The minimum atomic E-state index is 0.343. The molecule has 0 atom stereocenters. The highest BCUT2D eigenvalue weighted by Crippen LogP contribution is 2.16. The largest absolute Gasteiger partial charge is 0.303 e. The van der Waals surface area contributed by atoms with Crippen LogP contribution < -0.4 is 0 Å². The van der Waals surface area contributed by atoms with Gasteiger partial charge in [-0.05, 0) is 58.2 Å². The van der Waals surface area contributed by atoms with E-state index >= 15 is 0 Å². The molecular formula is C17H33NO. The summed E-state index contributed by atoms with van der Waals surface area (Å²) in [6, 6.07) is 0. The van der Waals surface area contributed by atoms with E-state index in [-0.39, 0.29) is 0 Å². The van der Waals surface area contributed by atoms with Crippen LogP contribution >= 0.6 is 0 Å². The van der Waals surface area contributed by atoms with Crippen LogP contribution in [0.4, 0.5) is 0 Å². The van der Waals surface area contributed by atoms with Gasteiger partial charge in [0.1, 0.15) is 5.78 Å². The van der Waals surface area contributed by atoms with Gasteiger partial charge in [-0.2, -0.15) is 0 Å². The molecular weight excluding hydrogens is 234 g/mol. The molecule has 0 radical (unpaired) electrons. The molecule has 0 N–H and O–H groups in total. The average molecular weight is 267 g/mol. The van der Waals surface area contributed by atoms with E-state index in [1.165, 1.54) is 71.0 Å². The molecule has 0 aromatic heterocycles. The molecule has 2 nitrogen and oxygen atoms in total. The van der Waals surface area contributed by atoms with Crippen molar-refractivity contribution in [2.75, 3.05) is 19.6 Å². The number of unbranched alkanes of at least 4 members (excludes halogenated alkanes) is 6. The molecule has 1 fully saturated rings. The van der Waals surface area contributed by atoms with Gasteiger partial charge in [0.05, 0.1) is 0 Å². The van der Waals surface area contributed by atoms with Gasteiger partial charge in [-0.15, -0.1) is 0 Å². The summed E-state index contributed by atoms with van der Waals surface area (Å²) in [4.78, 5) is 13.4. The standard InChI is InChI=1S/C17H33NO/c1-16-11-14-18(15-12-16)13-9-7-5-3-4-6-8-10-17(2)19/h16H,3-15H2,1-2H3. The fraction of sp³-hybridized carbons (Fsp3) is 0.941. The Morgan fingerprint density at radius 1 is 0.947 bits per heavy atom. The summed E-state index contributed by atoms with van der Waals surface area (Å²) in [6.45, 7) is 8.04. The predicted molar refractivity (Wildman–Crippen MR) is 82.5 cm³/mol. The summed E-state index contributed by atoms with van der Waals surface area (Å²) < 4.78 is 0. The van der Waals surface area contributed by atoms with E-state index in [0.717, 1.165) is 18.8 Å². The van der Waals surface area contributed by atoms with E-state index in [0.29, 0.717) is 5.78 Å². The molecule has 1 heterocycles.